The lowest BCUT2D eigenvalue weighted by molar-refractivity contribution is 0.0693. The summed E-state index contributed by atoms with van der Waals surface area (Å²) < 4.78 is 4.87. The number of benzene rings is 1. The van der Waals surface area contributed by atoms with E-state index in [1.54, 1.807) is 0 Å². The number of fused-ring (bicyclic) bond motifs is 1. The number of carbonyl (C=O) groups is 1. The predicted octanol–water partition coefficient (Wildman–Crippen LogP) is 1.32. The van der Waals surface area contributed by atoms with Crippen LogP contribution in [0.5, 0.6) is 11.5 Å². The van der Waals surface area contributed by atoms with Crippen molar-refractivity contribution in [2.75, 3.05) is 0 Å². The number of aromatic hydroxyl groups is 2. The van der Waals surface area contributed by atoms with Crippen molar-refractivity contribution in [1.29, 1.82) is 0 Å². The van der Waals surface area contributed by atoms with Gasteiger partial charge in [-0.1, -0.05) is 0 Å². The van der Waals surface area contributed by atoms with Gasteiger partial charge >= 0.3 is 5.97 Å². The van der Waals surface area contributed by atoms with Crippen LogP contribution in [0.2, 0.25) is 0 Å². The Bertz CT molecular complexity index is 645. The fourth-order valence-corrected chi connectivity index (χ4v) is 1.30. The highest BCUT2D eigenvalue weighted by molar-refractivity contribution is 5.92. The molecule has 0 saturated carbocycles. The molecule has 1 aromatic heterocycles. The molecule has 0 amide bonds. The fourth-order valence-electron chi connectivity index (χ4n) is 1.30. The van der Waals surface area contributed by atoms with E-state index in [1.807, 2.05) is 0 Å². The highest BCUT2D eigenvalue weighted by Gasteiger charge is 2.14. The fraction of sp³-hybridized carbons (Fsp3) is 0. The van der Waals surface area contributed by atoms with Crippen molar-refractivity contribution in [3.05, 3.63) is 34.2 Å². The largest absolute Gasteiger partial charge is 0.504 e. The number of phenols is 2. The van der Waals surface area contributed by atoms with Crippen molar-refractivity contribution in [2.45, 2.75) is 0 Å². The molecule has 0 atom stereocenters. The molecule has 0 bridgehead atoms. The molecule has 1 heterocycles. The Balaban J connectivity index is 0.00000144. The van der Waals surface area contributed by atoms with Crippen molar-refractivity contribution in [3.8, 4) is 11.5 Å². The lowest BCUT2D eigenvalue weighted by Gasteiger charge is -2.01. The molecule has 0 unspecified atom stereocenters. The van der Waals surface area contributed by atoms with Gasteiger partial charge in [0.1, 0.15) is 17.4 Å². The number of carboxylic acids is 1. The van der Waals surface area contributed by atoms with Crippen LogP contribution in [0.1, 0.15) is 10.4 Å². The molecule has 6 nitrogen and oxygen atoms in total. The SMILES string of the molecule is Cl.O=C(O)c1coc2cc(O)c(O)cc2c1=O. The van der Waals surface area contributed by atoms with E-state index >= 15 is 0 Å². The van der Waals surface area contributed by atoms with Gasteiger partial charge in [0.15, 0.2) is 11.5 Å². The van der Waals surface area contributed by atoms with Gasteiger partial charge in [-0.3, -0.25) is 4.79 Å². The van der Waals surface area contributed by atoms with Crippen LogP contribution < -0.4 is 5.43 Å². The molecule has 2 aromatic rings. The second-order valence-electron chi connectivity index (χ2n) is 3.12. The maximum atomic E-state index is 11.6. The second-order valence-corrected chi connectivity index (χ2v) is 3.12. The van der Waals surface area contributed by atoms with Crippen molar-refractivity contribution in [2.24, 2.45) is 0 Å². The van der Waals surface area contributed by atoms with Crippen LogP contribution >= 0.6 is 12.4 Å². The van der Waals surface area contributed by atoms with Gasteiger partial charge < -0.3 is 19.7 Å². The van der Waals surface area contributed by atoms with Crippen molar-refractivity contribution < 1.29 is 24.5 Å². The average Bonchev–Trinajstić information content (AvgIpc) is 2.21. The van der Waals surface area contributed by atoms with Crippen LogP contribution in [-0.2, 0) is 0 Å². The molecule has 0 aliphatic heterocycles. The number of aromatic carboxylic acids is 1. The van der Waals surface area contributed by atoms with Crippen LogP contribution in [0, 0.1) is 0 Å². The first kappa shape index (κ1) is 12.9. The highest BCUT2D eigenvalue weighted by Crippen LogP contribution is 2.28. The van der Waals surface area contributed by atoms with Crippen LogP contribution in [0.3, 0.4) is 0 Å². The number of phenolic OH excluding ortho intramolecular Hbond substituents is 2. The molecule has 90 valence electrons. The lowest BCUT2D eigenvalue weighted by atomic mass is 10.1. The zero-order valence-corrected chi connectivity index (χ0v) is 9.02. The maximum Gasteiger partial charge on any atom is 0.342 e. The quantitative estimate of drug-likeness (QED) is 0.666. The third kappa shape index (κ3) is 2.02. The molecule has 0 spiro atoms. The summed E-state index contributed by atoms with van der Waals surface area (Å²) >= 11 is 0. The number of halogens is 1. The van der Waals surface area contributed by atoms with Gasteiger partial charge in [0, 0.05) is 6.07 Å². The first-order chi connectivity index (χ1) is 7.50. The van der Waals surface area contributed by atoms with Crippen LogP contribution in [0.25, 0.3) is 11.0 Å². The minimum absolute atomic E-state index is 0. The zero-order chi connectivity index (χ0) is 11.9. The molecule has 0 aliphatic rings. The van der Waals surface area contributed by atoms with Gasteiger partial charge in [-0.2, -0.15) is 0 Å². The summed E-state index contributed by atoms with van der Waals surface area (Å²) in [5, 5.41) is 26.9. The van der Waals surface area contributed by atoms with E-state index in [-0.39, 0.29) is 23.4 Å². The third-order valence-electron chi connectivity index (χ3n) is 2.10. The molecule has 17 heavy (non-hydrogen) atoms. The molecule has 7 heteroatoms. The highest BCUT2D eigenvalue weighted by atomic mass is 35.5. The first-order valence-corrected chi connectivity index (χ1v) is 4.21. The number of hydrogen-bond acceptors (Lipinski definition) is 5. The summed E-state index contributed by atoms with van der Waals surface area (Å²) in [5.74, 6) is -2.37. The van der Waals surface area contributed by atoms with Crippen LogP contribution in [0.4, 0.5) is 0 Å². The topological polar surface area (TPSA) is 108 Å². The summed E-state index contributed by atoms with van der Waals surface area (Å²) in [4.78, 5) is 22.2. The van der Waals surface area contributed by atoms with Gasteiger partial charge in [0.2, 0.25) is 5.43 Å². The Hall–Kier alpha value is -2.21. The van der Waals surface area contributed by atoms with Gasteiger partial charge in [-0.15, -0.1) is 12.4 Å². The minimum atomic E-state index is -1.41. The molecule has 0 aliphatic carbocycles. The molecule has 1 aromatic carbocycles. The average molecular weight is 259 g/mol. The van der Waals surface area contributed by atoms with E-state index in [4.69, 9.17) is 14.6 Å². The maximum absolute atomic E-state index is 11.6. The van der Waals surface area contributed by atoms with Crippen LogP contribution in [-0.4, -0.2) is 21.3 Å². The summed E-state index contributed by atoms with van der Waals surface area (Å²) in [6, 6.07) is 2.00. The van der Waals surface area contributed by atoms with Gasteiger partial charge in [-0.25, -0.2) is 4.79 Å². The Labute approximate surface area is 100 Å². The molecule has 3 N–H and O–H groups in total. The molecular weight excluding hydrogens is 252 g/mol. The van der Waals surface area contributed by atoms with Crippen molar-refractivity contribution in [3.63, 3.8) is 0 Å². The second kappa shape index (κ2) is 4.34. The number of carboxylic acid groups (broad SMARTS) is 1. The molecule has 0 fully saturated rings. The minimum Gasteiger partial charge on any atom is -0.504 e. The third-order valence-corrected chi connectivity index (χ3v) is 2.10. The summed E-state index contributed by atoms with van der Waals surface area (Å²) in [7, 11) is 0. The predicted molar refractivity (Wildman–Crippen MR) is 60.0 cm³/mol. The van der Waals surface area contributed by atoms with E-state index in [0.717, 1.165) is 18.4 Å². The Morgan fingerprint density at radius 1 is 1.18 bits per heavy atom. The molecule has 0 saturated heterocycles. The summed E-state index contributed by atoms with van der Waals surface area (Å²) in [6.07, 6.45) is 0.795. The van der Waals surface area contributed by atoms with Crippen molar-refractivity contribution >= 4 is 29.3 Å². The number of rotatable bonds is 1. The lowest BCUT2D eigenvalue weighted by Crippen LogP contribution is -2.13. The molecular formula is C10H7ClO6. The van der Waals surface area contributed by atoms with Gasteiger partial charge in [0.25, 0.3) is 0 Å². The molecule has 2 rings (SSSR count). The number of hydrogen-bond donors (Lipinski definition) is 3. The Morgan fingerprint density at radius 3 is 2.35 bits per heavy atom. The van der Waals surface area contributed by atoms with Crippen LogP contribution in [0.15, 0.2) is 27.6 Å². The Kier molecular flexibility index (Phi) is 3.28. The van der Waals surface area contributed by atoms with Crippen molar-refractivity contribution in [1.82, 2.24) is 0 Å². The summed E-state index contributed by atoms with van der Waals surface area (Å²) in [6.45, 7) is 0. The standard InChI is InChI=1S/C10H6O6.ClH/c11-6-1-4-8(2-7(6)12)16-3-5(9(4)13)10(14)15;/h1-3,11-12H,(H,14,15);1H. The normalized spacial score (nSPS) is 9.88. The van der Waals surface area contributed by atoms with E-state index in [1.165, 1.54) is 0 Å². The van der Waals surface area contributed by atoms with E-state index in [9.17, 15) is 14.7 Å². The first-order valence-electron chi connectivity index (χ1n) is 4.21. The monoisotopic (exact) mass is 258 g/mol. The molecule has 0 radical (unpaired) electrons. The van der Waals surface area contributed by atoms with Gasteiger partial charge in [0.05, 0.1) is 5.39 Å². The summed E-state index contributed by atoms with van der Waals surface area (Å²) in [5.41, 5.74) is -1.30. The smallest absolute Gasteiger partial charge is 0.342 e. The van der Waals surface area contributed by atoms with E-state index in [2.05, 4.69) is 0 Å². The zero-order valence-electron chi connectivity index (χ0n) is 8.21. The Morgan fingerprint density at radius 2 is 1.76 bits per heavy atom. The van der Waals surface area contributed by atoms with E-state index < -0.39 is 28.5 Å². The van der Waals surface area contributed by atoms with Gasteiger partial charge in [-0.05, 0) is 6.07 Å². The van der Waals surface area contributed by atoms with E-state index in [0.29, 0.717) is 0 Å².